The first-order valence-electron chi connectivity index (χ1n) is 7.06. The molecule has 0 aliphatic carbocycles. The zero-order valence-corrected chi connectivity index (χ0v) is 14.2. The average Bonchev–Trinajstić information content (AvgIpc) is 2.87. The lowest BCUT2D eigenvalue weighted by Crippen LogP contribution is -2.40. The van der Waals surface area contributed by atoms with E-state index in [2.05, 4.69) is 31.3 Å². The molecule has 1 aromatic carbocycles. The van der Waals surface area contributed by atoms with Gasteiger partial charge in [-0.25, -0.2) is 9.37 Å². The van der Waals surface area contributed by atoms with Gasteiger partial charge in [-0.15, -0.1) is 0 Å². The van der Waals surface area contributed by atoms with E-state index in [1.54, 1.807) is 16.8 Å². The summed E-state index contributed by atoms with van der Waals surface area (Å²) in [5.41, 5.74) is 1.06. The summed E-state index contributed by atoms with van der Waals surface area (Å²) in [7, 11) is 1.37. The first kappa shape index (κ1) is 15.8. The third-order valence-corrected chi connectivity index (χ3v) is 4.48. The first-order valence-corrected chi connectivity index (χ1v) is 7.85. The molecule has 6 nitrogen and oxygen atoms in total. The van der Waals surface area contributed by atoms with Crippen LogP contribution in [-0.2, 0) is 16.1 Å². The summed E-state index contributed by atoms with van der Waals surface area (Å²) in [6.45, 7) is 2.33. The van der Waals surface area contributed by atoms with Crippen LogP contribution in [0.2, 0.25) is 0 Å². The number of ether oxygens (including phenoxy) is 1. The molecule has 2 atom stereocenters. The van der Waals surface area contributed by atoms with E-state index in [4.69, 9.17) is 4.74 Å². The summed E-state index contributed by atoms with van der Waals surface area (Å²) >= 11 is 3.22. The highest BCUT2D eigenvalue weighted by molar-refractivity contribution is 9.10. The van der Waals surface area contributed by atoms with Gasteiger partial charge in [-0.05, 0) is 18.2 Å². The van der Waals surface area contributed by atoms with Gasteiger partial charge < -0.3 is 10.1 Å². The molecule has 1 aliphatic rings. The molecule has 0 bridgehead atoms. The maximum Gasteiger partial charge on any atom is 0.316 e. The van der Waals surface area contributed by atoms with Crippen molar-refractivity contribution in [3.8, 4) is 0 Å². The Morgan fingerprint density at radius 1 is 1.52 bits per heavy atom. The Balaban J connectivity index is 1.95. The third-order valence-electron chi connectivity index (χ3n) is 3.99. The Kier molecular flexibility index (Phi) is 4.25. The number of hydrogen-bond donors (Lipinski definition) is 1. The number of benzene rings is 1. The normalized spacial score (nSPS) is 19.3. The van der Waals surface area contributed by atoms with Crippen LogP contribution in [0, 0.1) is 11.7 Å². The fourth-order valence-corrected chi connectivity index (χ4v) is 3.11. The molecule has 1 N–H and O–H groups in total. The van der Waals surface area contributed by atoms with E-state index in [1.807, 2.05) is 6.92 Å². The summed E-state index contributed by atoms with van der Waals surface area (Å²) in [6, 6.07) is 4.73. The summed E-state index contributed by atoms with van der Waals surface area (Å²) in [5, 5.41) is 7.16. The third kappa shape index (κ3) is 2.90. The number of carbonyl (C=O) groups excluding carboxylic acids is 1. The molecule has 2 unspecified atom stereocenters. The Bertz CT molecular complexity index is 771. The highest BCUT2D eigenvalue weighted by atomic mass is 79.9. The van der Waals surface area contributed by atoms with Crippen LogP contribution in [0.4, 0.5) is 15.9 Å². The zero-order valence-electron chi connectivity index (χ0n) is 12.6. The van der Waals surface area contributed by atoms with E-state index in [1.165, 1.54) is 19.5 Å². The SMILES string of the molecule is COC(=O)C1C[n+]2ncnc(Nc3ccc(Br)cc3F)c2C1C. The standard InChI is InChI=1S/C15H15BrFN4O2/c1-8-10(15(22)23-2)6-21-13(8)14(18-7-19-21)20-12-4-3-9(16)5-11(12)17/h3-5,7-8,10H,6H2,1-2H3,(H,18,19,20)/q+1. The molecule has 0 amide bonds. The Labute approximate surface area is 140 Å². The molecule has 3 rings (SSSR count). The molecule has 8 heteroatoms. The predicted molar refractivity (Wildman–Crippen MR) is 83.5 cm³/mol. The van der Waals surface area contributed by atoms with Gasteiger partial charge in [0, 0.05) is 9.57 Å². The van der Waals surface area contributed by atoms with Crippen molar-refractivity contribution in [1.82, 2.24) is 10.1 Å². The number of hydrogen-bond acceptors (Lipinski definition) is 5. The van der Waals surface area contributed by atoms with Crippen molar-refractivity contribution < 1.29 is 18.6 Å². The molecule has 0 fully saturated rings. The largest absolute Gasteiger partial charge is 0.469 e. The molecular formula is C15H15BrFN4O2+. The second-order valence-electron chi connectivity index (χ2n) is 5.34. The van der Waals surface area contributed by atoms with E-state index in [0.29, 0.717) is 22.5 Å². The minimum Gasteiger partial charge on any atom is -0.469 e. The zero-order chi connectivity index (χ0) is 16.6. The lowest BCUT2D eigenvalue weighted by atomic mass is 9.95. The maximum absolute atomic E-state index is 14.0. The number of methoxy groups -OCH3 is 1. The lowest BCUT2D eigenvalue weighted by Gasteiger charge is -2.10. The van der Waals surface area contributed by atoms with E-state index in [-0.39, 0.29) is 17.8 Å². The van der Waals surface area contributed by atoms with Crippen molar-refractivity contribution in [2.24, 2.45) is 5.92 Å². The van der Waals surface area contributed by atoms with Crippen LogP contribution >= 0.6 is 15.9 Å². The Morgan fingerprint density at radius 3 is 3.00 bits per heavy atom. The van der Waals surface area contributed by atoms with Crippen LogP contribution < -0.4 is 10.00 Å². The van der Waals surface area contributed by atoms with Gasteiger partial charge >= 0.3 is 5.97 Å². The van der Waals surface area contributed by atoms with Crippen LogP contribution in [0.25, 0.3) is 0 Å². The summed E-state index contributed by atoms with van der Waals surface area (Å²) in [4.78, 5) is 16.1. The van der Waals surface area contributed by atoms with Crippen molar-refractivity contribution in [1.29, 1.82) is 0 Å². The Morgan fingerprint density at radius 2 is 2.30 bits per heavy atom. The number of carbonyl (C=O) groups is 1. The highest BCUT2D eigenvalue weighted by Crippen LogP contribution is 2.33. The topological polar surface area (TPSA) is 68.0 Å². The van der Waals surface area contributed by atoms with E-state index < -0.39 is 5.82 Å². The fourth-order valence-electron chi connectivity index (χ4n) is 2.77. The monoisotopic (exact) mass is 381 g/mol. The van der Waals surface area contributed by atoms with Crippen LogP contribution in [0.3, 0.4) is 0 Å². The maximum atomic E-state index is 14.0. The molecule has 120 valence electrons. The molecular weight excluding hydrogens is 367 g/mol. The van der Waals surface area contributed by atoms with Crippen LogP contribution in [-0.4, -0.2) is 23.2 Å². The van der Waals surface area contributed by atoms with Gasteiger partial charge in [0.15, 0.2) is 12.9 Å². The molecule has 23 heavy (non-hydrogen) atoms. The minimum atomic E-state index is -0.396. The van der Waals surface area contributed by atoms with Crippen molar-refractivity contribution in [2.45, 2.75) is 19.4 Å². The summed E-state index contributed by atoms with van der Waals surface area (Å²) < 4.78 is 21.2. The number of anilines is 2. The summed E-state index contributed by atoms with van der Waals surface area (Å²) in [6.07, 6.45) is 1.38. The van der Waals surface area contributed by atoms with Crippen molar-refractivity contribution in [3.63, 3.8) is 0 Å². The van der Waals surface area contributed by atoms with Crippen LogP contribution in [0.5, 0.6) is 0 Å². The number of nitrogens with zero attached hydrogens (tertiary/aromatic N) is 3. The van der Waals surface area contributed by atoms with Crippen LogP contribution in [0.1, 0.15) is 18.5 Å². The number of esters is 1. The molecule has 2 aromatic rings. The quantitative estimate of drug-likeness (QED) is 0.652. The molecule has 0 spiro atoms. The second-order valence-corrected chi connectivity index (χ2v) is 6.26. The van der Waals surface area contributed by atoms with Gasteiger partial charge in [0.25, 0.3) is 5.69 Å². The molecule has 1 aliphatic heterocycles. The van der Waals surface area contributed by atoms with E-state index in [9.17, 15) is 9.18 Å². The van der Waals surface area contributed by atoms with Crippen molar-refractivity contribution >= 4 is 33.4 Å². The fraction of sp³-hybridized carbons (Fsp3) is 0.333. The average molecular weight is 382 g/mol. The molecule has 1 aromatic heterocycles. The number of aromatic nitrogens is 3. The van der Waals surface area contributed by atoms with E-state index >= 15 is 0 Å². The van der Waals surface area contributed by atoms with Gasteiger partial charge in [-0.3, -0.25) is 4.79 Å². The van der Waals surface area contributed by atoms with Gasteiger partial charge in [-0.2, -0.15) is 0 Å². The van der Waals surface area contributed by atoms with E-state index in [0.717, 1.165) is 5.69 Å². The Hall–Kier alpha value is -2.09. The summed E-state index contributed by atoms with van der Waals surface area (Å²) in [5.74, 6) is -0.660. The number of fused-ring (bicyclic) bond motifs is 1. The number of nitrogens with one attached hydrogen (secondary N) is 1. The minimum absolute atomic E-state index is 0.135. The van der Waals surface area contributed by atoms with Gasteiger partial charge in [-0.1, -0.05) is 27.5 Å². The molecule has 0 saturated heterocycles. The number of halogens is 2. The lowest BCUT2D eigenvalue weighted by molar-refractivity contribution is -0.750. The smallest absolute Gasteiger partial charge is 0.316 e. The second kappa shape index (κ2) is 6.19. The van der Waals surface area contributed by atoms with Crippen molar-refractivity contribution in [3.05, 3.63) is 40.5 Å². The van der Waals surface area contributed by atoms with Crippen LogP contribution in [0.15, 0.2) is 29.0 Å². The predicted octanol–water partition coefficient (Wildman–Crippen LogP) is 2.32. The van der Waals surface area contributed by atoms with Crippen molar-refractivity contribution in [2.75, 3.05) is 12.4 Å². The number of rotatable bonds is 3. The first-order chi connectivity index (χ1) is 11.0. The van der Waals surface area contributed by atoms with Gasteiger partial charge in [0.2, 0.25) is 5.82 Å². The molecule has 0 radical (unpaired) electrons. The highest BCUT2D eigenvalue weighted by Gasteiger charge is 2.45. The van der Waals surface area contributed by atoms with Gasteiger partial charge in [0.1, 0.15) is 11.7 Å². The van der Waals surface area contributed by atoms with Gasteiger partial charge in [0.05, 0.1) is 18.7 Å². The molecule has 0 saturated carbocycles. The molecule has 2 heterocycles.